The summed E-state index contributed by atoms with van der Waals surface area (Å²) in [6.45, 7) is 7.61. The van der Waals surface area contributed by atoms with Gasteiger partial charge in [0.05, 0.1) is 5.92 Å². The Kier molecular flexibility index (Phi) is 11.7. The van der Waals surface area contributed by atoms with Gasteiger partial charge < -0.3 is 21.3 Å². The molecule has 1 rings (SSSR count). The Morgan fingerprint density at radius 1 is 1.33 bits per heavy atom. The van der Waals surface area contributed by atoms with Crippen LogP contribution in [0.4, 0.5) is 0 Å². The molecule has 4 N–H and O–H groups in total. The minimum atomic E-state index is -0.155. The van der Waals surface area contributed by atoms with Gasteiger partial charge in [-0.3, -0.25) is 9.79 Å². The fourth-order valence-electron chi connectivity index (χ4n) is 2.90. The van der Waals surface area contributed by atoms with Crippen molar-refractivity contribution in [2.24, 2.45) is 16.6 Å². The van der Waals surface area contributed by atoms with Gasteiger partial charge in [0.1, 0.15) is 0 Å². The van der Waals surface area contributed by atoms with E-state index >= 15 is 0 Å². The normalized spacial score (nSPS) is 19.2. The highest BCUT2D eigenvalue weighted by Crippen LogP contribution is 2.15. The number of thioether (sulfide) groups is 1. The standard InChI is InChI=1S/C17H35N5OS/c1-3-19-17(20-9-4-5-13-24-2)21-10-7-12-22-11-6-8-15(14-22)16(18)23/h15H,3-14H2,1-2H3,(H2,18,23)(H2,19,20,21). The molecular formula is C17H35N5OS. The molecule has 0 aromatic carbocycles. The van der Waals surface area contributed by atoms with Crippen LogP contribution in [0.15, 0.2) is 4.99 Å². The van der Waals surface area contributed by atoms with E-state index in [9.17, 15) is 4.79 Å². The van der Waals surface area contributed by atoms with Crippen molar-refractivity contribution >= 4 is 23.6 Å². The SMILES string of the molecule is CCNC(=NCCCN1CCCC(C(N)=O)C1)NCCCCSC. The summed E-state index contributed by atoms with van der Waals surface area (Å²) in [6, 6.07) is 0. The lowest BCUT2D eigenvalue weighted by Gasteiger charge is -2.30. The number of nitrogens with one attached hydrogen (secondary N) is 2. The van der Waals surface area contributed by atoms with Gasteiger partial charge in [-0.05, 0) is 64.1 Å². The van der Waals surface area contributed by atoms with Crippen LogP contribution in [-0.4, -0.2) is 68.0 Å². The Hall–Kier alpha value is -0.950. The van der Waals surface area contributed by atoms with Crippen LogP contribution >= 0.6 is 11.8 Å². The molecule has 0 saturated carbocycles. The number of guanidine groups is 1. The first-order valence-electron chi connectivity index (χ1n) is 9.20. The largest absolute Gasteiger partial charge is 0.369 e. The molecule has 1 amide bonds. The van der Waals surface area contributed by atoms with Crippen LogP contribution in [-0.2, 0) is 4.79 Å². The summed E-state index contributed by atoms with van der Waals surface area (Å²) >= 11 is 1.90. The summed E-state index contributed by atoms with van der Waals surface area (Å²) in [7, 11) is 0. The van der Waals surface area contributed by atoms with Gasteiger partial charge in [0, 0.05) is 26.2 Å². The summed E-state index contributed by atoms with van der Waals surface area (Å²) in [6.07, 6.45) is 7.57. The molecule has 1 fully saturated rings. The van der Waals surface area contributed by atoms with Crippen molar-refractivity contribution in [3.63, 3.8) is 0 Å². The van der Waals surface area contributed by atoms with Gasteiger partial charge in [0.25, 0.3) is 0 Å². The van der Waals surface area contributed by atoms with Crippen molar-refractivity contribution in [1.29, 1.82) is 0 Å². The molecule has 1 unspecified atom stereocenters. The van der Waals surface area contributed by atoms with Crippen molar-refractivity contribution < 1.29 is 4.79 Å². The van der Waals surface area contributed by atoms with Crippen LogP contribution in [0.3, 0.4) is 0 Å². The number of carbonyl (C=O) groups excluding carboxylic acids is 1. The lowest BCUT2D eigenvalue weighted by atomic mass is 9.97. The number of piperidine rings is 1. The Balaban J connectivity index is 2.22. The van der Waals surface area contributed by atoms with Crippen LogP contribution in [0, 0.1) is 5.92 Å². The summed E-state index contributed by atoms with van der Waals surface area (Å²) < 4.78 is 0. The summed E-state index contributed by atoms with van der Waals surface area (Å²) in [5, 5.41) is 6.69. The molecule has 24 heavy (non-hydrogen) atoms. The van der Waals surface area contributed by atoms with E-state index < -0.39 is 0 Å². The van der Waals surface area contributed by atoms with Crippen molar-refractivity contribution in [3.05, 3.63) is 0 Å². The Morgan fingerprint density at radius 3 is 2.88 bits per heavy atom. The smallest absolute Gasteiger partial charge is 0.221 e. The monoisotopic (exact) mass is 357 g/mol. The number of nitrogens with zero attached hydrogens (tertiary/aromatic N) is 2. The van der Waals surface area contributed by atoms with Crippen molar-refractivity contribution in [3.8, 4) is 0 Å². The maximum absolute atomic E-state index is 11.3. The first-order valence-corrected chi connectivity index (χ1v) is 10.6. The van der Waals surface area contributed by atoms with Gasteiger partial charge in [-0.2, -0.15) is 11.8 Å². The predicted molar refractivity (Wildman–Crippen MR) is 105 cm³/mol. The molecule has 0 aromatic rings. The number of nitrogens with two attached hydrogens (primary N) is 1. The van der Waals surface area contributed by atoms with E-state index in [1.807, 2.05) is 11.8 Å². The molecular weight excluding hydrogens is 322 g/mol. The number of carbonyl (C=O) groups is 1. The number of rotatable bonds is 11. The molecule has 0 aliphatic carbocycles. The molecule has 1 atom stereocenters. The van der Waals surface area contributed by atoms with Gasteiger partial charge in [0.2, 0.25) is 5.91 Å². The lowest BCUT2D eigenvalue weighted by Crippen LogP contribution is -2.41. The van der Waals surface area contributed by atoms with Gasteiger partial charge >= 0.3 is 0 Å². The minimum absolute atomic E-state index is 0.0301. The lowest BCUT2D eigenvalue weighted by molar-refractivity contribution is -0.123. The van der Waals surface area contributed by atoms with Crippen LogP contribution in [0.2, 0.25) is 0 Å². The highest BCUT2D eigenvalue weighted by atomic mass is 32.2. The van der Waals surface area contributed by atoms with Gasteiger partial charge in [-0.25, -0.2) is 0 Å². The highest BCUT2D eigenvalue weighted by Gasteiger charge is 2.23. The molecule has 7 heteroatoms. The molecule has 1 heterocycles. The number of hydrogen-bond donors (Lipinski definition) is 3. The van der Waals surface area contributed by atoms with Crippen molar-refractivity contribution in [1.82, 2.24) is 15.5 Å². The molecule has 140 valence electrons. The highest BCUT2D eigenvalue weighted by molar-refractivity contribution is 7.98. The number of likely N-dealkylation sites (tertiary alicyclic amines) is 1. The fraction of sp³-hybridized carbons (Fsp3) is 0.882. The van der Waals surface area contributed by atoms with E-state index in [0.29, 0.717) is 0 Å². The molecule has 1 aliphatic rings. The average Bonchev–Trinajstić information content (AvgIpc) is 2.58. The third-order valence-electron chi connectivity index (χ3n) is 4.22. The van der Waals surface area contributed by atoms with E-state index in [2.05, 4.69) is 33.7 Å². The zero-order chi connectivity index (χ0) is 17.6. The zero-order valence-electron chi connectivity index (χ0n) is 15.4. The van der Waals surface area contributed by atoms with Crippen LogP contribution in [0.1, 0.15) is 39.0 Å². The van der Waals surface area contributed by atoms with Crippen molar-refractivity contribution in [2.45, 2.75) is 39.0 Å². The second-order valence-corrected chi connectivity index (χ2v) is 7.27. The van der Waals surface area contributed by atoms with Crippen molar-refractivity contribution in [2.75, 3.05) is 51.3 Å². The minimum Gasteiger partial charge on any atom is -0.369 e. The van der Waals surface area contributed by atoms with E-state index in [1.165, 1.54) is 18.6 Å². The maximum Gasteiger partial charge on any atom is 0.221 e. The first-order chi connectivity index (χ1) is 11.7. The van der Waals surface area contributed by atoms with Gasteiger partial charge in [-0.15, -0.1) is 0 Å². The van der Waals surface area contributed by atoms with Gasteiger partial charge in [-0.1, -0.05) is 0 Å². The number of unbranched alkanes of at least 4 members (excludes halogenated alkanes) is 1. The van der Waals surface area contributed by atoms with Crippen LogP contribution in [0.25, 0.3) is 0 Å². The third-order valence-corrected chi connectivity index (χ3v) is 4.92. The molecule has 0 aromatic heterocycles. The van der Waals surface area contributed by atoms with Crippen LogP contribution < -0.4 is 16.4 Å². The summed E-state index contributed by atoms with van der Waals surface area (Å²) in [5.74, 6) is 2.01. The third kappa shape index (κ3) is 9.37. The number of primary amides is 1. The van der Waals surface area contributed by atoms with E-state index in [4.69, 9.17) is 5.73 Å². The maximum atomic E-state index is 11.3. The molecule has 0 bridgehead atoms. The number of amides is 1. The first kappa shape index (κ1) is 21.1. The Labute approximate surface area is 151 Å². The molecule has 0 spiro atoms. The topological polar surface area (TPSA) is 82.8 Å². The van der Waals surface area contributed by atoms with E-state index in [1.54, 1.807) is 0 Å². The molecule has 1 saturated heterocycles. The Morgan fingerprint density at radius 2 is 2.17 bits per heavy atom. The fourth-order valence-corrected chi connectivity index (χ4v) is 3.39. The predicted octanol–water partition coefficient (Wildman–Crippen LogP) is 1.27. The molecule has 6 nitrogen and oxygen atoms in total. The number of hydrogen-bond acceptors (Lipinski definition) is 4. The van der Waals surface area contributed by atoms with E-state index in [0.717, 1.165) is 64.5 Å². The van der Waals surface area contributed by atoms with E-state index in [-0.39, 0.29) is 11.8 Å². The Bertz CT molecular complexity index is 378. The number of aliphatic imine (C=N–C) groups is 1. The molecule has 1 aliphatic heterocycles. The summed E-state index contributed by atoms with van der Waals surface area (Å²) in [5.41, 5.74) is 5.43. The average molecular weight is 358 g/mol. The quantitative estimate of drug-likeness (QED) is 0.295. The second kappa shape index (κ2) is 13.4. The van der Waals surface area contributed by atoms with Crippen LogP contribution in [0.5, 0.6) is 0 Å². The second-order valence-electron chi connectivity index (χ2n) is 6.28. The molecule has 0 radical (unpaired) electrons. The summed E-state index contributed by atoms with van der Waals surface area (Å²) in [4.78, 5) is 18.3. The zero-order valence-corrected chi connectivity index (χ0v) is 16.2. The van der Waals surface area contributed by atoms with Gasteiger partial charge in [0.15, 0.2) is 5.96 Å².